The molecular formula is C26H45O3P. The van der Waals surface area contributed by atoms with Gasteiger partial charge in [-0.1, -0.05) is 79.9 Å². The highest BCUT2D eigenvalue weighted by molar-refractivity contribution is 7.42. The Morgan fingerprint density at radius 3 is 1.90 bits per heavy atom. The third-order valence-corrected chi connectivity index (χ3v) is 8.02. The number of rotatable bonds is 12. The molecule has 30 heavy (non-hydrogen) atoms. The number of aryl methyl sites for hydroxylation is 2. The van der Waals surface area contributed by atoms with Crippen molar-refractivity contribution in [2.75, 3.05) is 13.2 Å². The molecule has 1 aromatic rings. The largest absolute Gasteiger partial charge is 0.426 e. The zero-order valence-electron chi connectivity index (χ0n) is 20.6. The van der Waals surface area contributed by atoms with E-state index >= 15 is 0 Å². The minimum Gasteiger partial charge on any atom is -0.426 e. The van der Waals surface area contributed by atoms with E-state index in [2.05, 4.69) is 60.6 Å². The van der Waals surface area contributed by atoms with Crippen LogP contribution in [0.3, 0.4) is 0 Å². The van der Waals surface area contributed by atoms with E-state index in [0.717, 1.165) is 31.4 Å². The molecule has 0 radical (unpaired) electrons. The predicted molar refractivity (Wildman–Crippen MR) is 129 cm³/mol. The van der Waals surface area contributed by atoms with E-state index in [4.69, 9.17) is 13.6 Å². The summed E-state index contributed by atoms with van der Waals surface area (Å²) in [4.78, 5) is 0. The van der Waals surface area contributed by atoms with E-state index in [-0.39, 0.29) is 5.41 Å². The smallest absolute Gasteiger partial charge is 0.397 e. The molecule has 172 valence electrons. The Hall–Kier alpha value is -0.630. The maximum atomic E-state index is 6.51. The van der Waals surface area contributed by atoms with Gasteiger partial charge in [0.1, 0.15) is 5.75 Å². The van der Waals surface area contributed by atoms with Crippen LogP contribution in [0.1, 0.15) is 110 Å². The molecule has 1 heterocycles. The van der Waals surface area contributed by atoms with Crippen molar-refractivity contribution in [3.63, 3.8) is 0 Å². The monoisotopic (exact) mass is 436 g/mol. The fraction of sp³-hybridized carbons (Fsp3) is 0.769. The van der Waals surface area contributed by atoms with Gasteiger partial charge < -0.3 is 13.6 Å². The lowest BCUT2D eigenvalue weighted by Crippen LogP contribution is -2.38. The van der Waals surface area contributed by atoms with Gasteiger partial charge in [-0.25, -0.2) is 0 Å². The number of hydrogen-bond donors (Lipinski definition) is 0. The van der Waals surface area contributed by atoms with Crippen LogP contribution in [0.15, 0.2) is 12.1 Å². The van der Waals surface area contributed by atoms with Crippen molar-refractivity contribution in [3.05, 3.63) is 28.8 Å². The van der Waals surface area contributed by atoms with Gasteiger partial charge in [0.05, 0.1) is 13.2 Å². The molecular weight excluding hydrogens is 391 g/mol. The Morgan fingerprint density at radius 1 is 0.933 bits per heavy atom. The summed E-state index contributed by atoms with van der Waals surface area (Å²) in [5.74, 6) is 2.19. The topological polar surface area (TPSA) is 27.7 Å². The van der Waals surface area contributed by atoms with Crippen LogP contribution in [0.4, 0.5) is 0 Å². The summed E-state index contributed by atoms with van der Waals surface area (Å²) < 4.78 is 18.8. The van der Waals surface area contributed by atoms with E-state index in [9.17, 15) is 0 Å². The van der Waals surface area contributed by atoms with Gasteiger partial charge in [0.25, 0.3) is 0 Å². The lowest BCUT2D eigenvalue weighted by Gasteiger charge is -2.39. The maximum absolute atomic E-state index is 6.51. The van der Waals surface area contributed by atoms with Gasteiger partial charge in [-0.05, 0) is 60.6 Å². The Bertz CT molecular complexity index is 608. The van der Waals surface area contributed by atoms with E-state index < -0.39 is 8.60 Å². The predicted octanol–water partition coefficient (Wildman–Crippen LogP) is 8.59. The molecule has 1 aromatic carbocycles. The van der Waals surface area contributed by atoms with Crippen molar-refractivity contribution in [1.82, 2.24) is 0 Å². The second-order valence-electron chi connectivity index (χ2n) is 9.51. The summed E-state index contributed by atoms with van der Waals surface area (Å²) >= 11 is 0. The minimum absolute atomic E-state index is 0.0768. The van der Waals surface area contributed by atoms with Crippen LogP contribution < -0.4 is 4.52 Å². The molecule has 4 heteroatoms. The van der Waals surface area contributed by atoms with Crippen molar-refractivity contribution in [2.24, 2.45) is 11.3 Å². The van der Waals surface area contributed by atoms with Gasteiger partial charge in [0.2, 0.25) is 0 Å². The Kier molecular flexibility index (Phi) is 10.6. The SMILES string of the molecule is CCCCc1cc(C(C)CC)cc(CCCC)c1OP1OCC(C)(C(C)CC)CO1. The molecule has 0 N–H and O–H groups in total. The first-order valence-electron chi connectivity index (χ1n) is 12.3. The van der Waals surface area contributed by atoms with Crippen molar-refractivity contribution in [1.29, 1.82) is 0 Å². The average molecular weight is 437 g/mol. The fourth-order valence-corrected chi connectivity index (χ4v) is 5.27. The van der Waals surface area contributed by atoms with E-state index in [0.29, 0.717) is 25.0 Å². The van der Waals surface area contributed by atoms with Crippen LogP contribution in [-0.4, -0.2) is 13.2 Å². The Balaban J connectivity index is 2.27. The molecule has 2 atom stereocenters. The second kappa shape index (κ2) is 12.4. The molecule has 0 aromatic heterocycles. The van der Waals surface area contributed by atoms with Gasteiger partial charge in [0, 0.05) is 5.41 Å². The molecule has 1 aliphatic rings. The zero-order valence-corrected chi connectivity index (χ0v) is 21.4. The van der Waals surface area contributed by atoms with Gasteiger partial charge in [-0.15, -0.1) is 0 Å². The third-order valence-electron chi connectivity index (χ3n) is 7.01. The molecule has 1 aliphatic heterocycles. The maximum Gasteiger partial charge on any atom is 0.397 e. The lowest BCUT2D eigenvalue weighted by atomic mass is 9.78. The molecule has 1 fully saturated rings. The van der Waals surface area contributed by atoms with Crippen LogP contribution in [0.25, 0.3) is 0 Å². The molecule has 0 saturated carbocycles. The summed E-state index contributed by atoms with van der Waals surface area (Å²) in [6.45, 7) is 17.3. The molecule has 0 amide bonds. The number of unbranched alkanes of at least 4 members (excludes halogenated alkanes) is 2. The van der Waals surface area contributed by atoms with Crippen molar-refractivity contribution >= 4 is 8.60 Å². The summed E-state index contributed by atoms with van der Waals surface area (Å²) in [6.07, 6.45) is 9.15. The molecule has 0 bridgehead atoms. The first-order valence-corrected chi connectivity index (χ1v) is 13.4. The molecule has 0 aliphatic carbocycles. The van der Waals surface area contributed by atoms with Gasteiger partial charge in [-0.3, -0.25) is 0 Å². The van der Waals surface area contributed by atoms with Gasteiger partial charge >= 0.3 is 8.60 Å². The molecule has 3 nitrogen and oxygen atoms in total. The molecule has 2 unspecified atom stereocenters. The average Bonchev–Trinajstić information content (AvgIpc) is 2.77. The Morgan fingerprint density at radius 2 is 1.47 bits per heavy atom. The number of hydrogen-bond acceptors (Lipinski definition) is 3. The quantitative estimate of drug-likeness (QED) is 0.307. The normalized spacial score (nSPS) is 23.9. The standard InChI is InChI=1S/C26H45O3P/c1-8-12-14-22-16-24(20(5)10-3)17-23(15-13-9-2)25(22)29-30-27-18-26(7,19-28-30)21(6)11-4/h16-17,20-21H,8-15,18-19H2,1-7H3. The van der Waals surface area contributed by atoms with Crippen LogP contribution in [0.5, 0.6) is 5.75 Å². The zero-order chi connectivity index (χ0) is 22.1. The highest BCUT2D eigenvalue weighted by Crippen LogP contribution is 2.51. The fourth-order valence-electron chi connectivity index (χ4n) is 3.91. The van der Waals surface area contributed by atoms with Crippen LogP contribution in [-0.2, 0) is 21.9 Å². The third kappa shape index (κ3) is 6.68. The molecule has 1 saturated heterocycles. The van der Waals surface area contributed by atoms with Crippen LogP contribution in [0.2, 0.25) is 0 Å². The molecule has 2 rings (SSSR count). The van der Waals surface area contributed by atoms with Crippen molar-refractivity contribution < 1.29 is 13.6 Å². The summed E-state index contributed by atoms with van der Waals surface area (Å²) in [5, 5.41) is 0. The minimum atomic E-state index is -1.33. The highest BCUT2D eigenvalue weighted by atomic mass is 31.2. The first kappa shape index (κ1) is 25.6. The van der Waals surface area contributed by atoms with Crippen molar-refractivity contribution in [3.8, 4) is 5.75 Å². The van der Waals surface area contributed by atoms with Crippen LogP contribution in [0, 0.1) is 11.3 Å². The lowest BCUT2D eigenvalue weighted by molar-refractivity contribution is -0.00624. The summed E-state index contributed by atoms with van der Waals surface area (Å²) in [5.41, 5.74) is 4.20. The van der Waals surface area contributed by atoms with Crippen LogP contribution >= 0.6 is 8.60 Å². The van der Waals surface area contributed by atoms with E-state index in [1.165, 1.54) is 42.4 Å². The Labute approximate surface area is 187 Å². The summed E-state index contributed by atoms with van der Waals surface area (Å²) in [7, 11) is -1.33. The highest BCUT2D eigenvalue weighted by Gasteiger charge is 2.39. The second-order valence-corrected chi connectivity index (χ2v) is 10.7. The first-order chi connectivity index (χ1) is 14.4. The van der Waals surface area contributed by atoms with E-state index in [1.807, 2.05) is 0 Å². The van der Waals surface area contributed by atoms with Crippen molar-refractivity contribution in [2.45, 2.75) is 106 Å². The molecule has 0 spiro atoms. The van der Waals surface area contributed by atoms with Gasteiger partial charge in [-0.2, -0.15) is 0 Å². The van der Waals surface area contributed by atoms with E-state index in [1.54, 1.807) is 0 Å². The number of benzene rings is 1. The van der Waals surface area contributed by atoms with Gasteiger partial charge in [0.15, 0.2) is 0 Å². The summed E-state index contributed by atoms with van der Waals surface area (Å²) in [6, 6.07) is 4.77.